The van der Waals surface area contributed by atoms with Crippen LogP contribution in [0.15, 0.2) is 53.6 Å². The average Bonchev–Trinajstić information content (AvgIpc) is 3.11. The predicted molar refractivity (Wildman–Crippen MR) is 103 cm³/mol. The minimum atomic E-state index is -0.985. The van der Waals surface area contributed by atoms with Crippen molar-refractivity contribution >= 4 is 28.5 Å². The number of benzene rings is 1. The molecular weight excluding hydrogens is 380 g/mol. The van der Waals surface area contributed by atoms with E-state index in [1.807, 2.05) is 24.3 Å². The Bertz CT molecular complexity index is 1130. The third-order valence-electron chi connectivity index (χ3n) is 4.41. The van der Waals surface area contributed by atoms with Crippen LogP contribution in [-0.2, 0) is 27.3 Å². The molecule has 2 aromatic heterocycles. The number of H-pyrrole nitrogens is 1. The highest BCUT2D eigenvalue weighted by atomic mass is 16.6. The van der Waals surface area contributed by atoms with Gasteiger partial charge in [0, 0.05) is 35.7 Å². The molecule has 0 bridgehead atoms. The molecule has 1 atom stereocenters. The fourth-order valence-corrected chi connectivity index (χ4v) is 3.00. The first-order valence-electron chi connectivity index (χ1n) is 8.66. The van der Waals surface area contributed by atoms with Crippen molar-refractivity contribution in [1.29, 1.82) is 0 Å². The van der Waals surface area contributed by atoms with Crippen LogP contribution in [0.2, 0.25) is 0 Å². The average molecular weight is 398 g/mol. The Morgan fingerprint density at radius 1 is 1.28 bits per heavy atom. The molecule has 2 N–H and O–H groups in total. The number of amides is 1. The van der Waals surface area contributed by atoms with Gasteiger partial charge in [-0.3, -0.25) is 24.3 Å². The normalized spacial score (nSPS) is 11.8. The zero-order chi connectivity index (χ0) is 21.0. The molecule has 0 saturated carbocycles. The van der Waals surface area contributed by atoms with Gasteiger partial charge in [-0.15, -0.1) is 0 Å². The number of methoxy groups -OCH3 is 1. The Morgan fingerprint density at radius 2 is 2.03 bits per heavy atom. The van der Waals surface area contributed by atoms with Crippen LogP contribution in [0.4, 0.5) is 5.69 Å². The number of carbonyl (C=O) groups is 2. The number of nitrogens with zero attached hydrogens (tertiary/aromatic N) is 2. The molecule has 3 rings (SSSR count). The number of nitrogens with one attached hydrogen (secondary N) is 2. The standard InChI is InChI=1S/C19H18N4O6/c1-29-19(26)16(8-12-9-20-15-5-3-2-4-14(12)15)21-17(24)11-22-10-13(23(27)28)6-7-18(22)25/h2-7,9-10,16,20H,8,11H2,1H3,(H,21,24)/t16-/m0/s1. The summed E-state index contributed by atoms with van der Waals surface area (Å²) in [5, 5.41) is 14.3. The van der Waals surface area contributed by atoms with Crippen molar-refractivity contribution in [3.8, 4) is 0 Å². The first kappa shape index (κ1) is 19.8. The molecule has 29 heavy (non-hydrogen) atoms. The Hall–Kier alpha value is -3.95. The Labute approximate surface area is 164 Å². The van der Waals surface area contributed by atoms with Crippen molar-refractivity contribution in [1.82, 2.24) is 14.9 Å². The van der Waals surface area contributed by atoms with Crippen LogP contribution in [0.3, 0.4) is 0 Å². The second kappa shape index (κ2) is 8.38. The molecule has 0 saturated heterocycles. The lowest BCUT2D eigenvalue weighted by Crippen LogP contribution is -2.45. The summed E-state index contributed by atoms with van der Waals surface area (Å²) in [6.07, 6.45) is 2.90. The molecule has 0 aliphatic heterocycles. The van der Waals surface area contributed by atoms with E-state index in [2.05, 4.69) is 10.3 Å². The highest BCUT2D eigenvalue weighted by Crippen LogP contribution is 2.19. The monoisotopic (exact) mass is 398 g/mol. The summed E-state index contributed by atoms with van der Waals surface area (Å²) in [4.78, 5) is 49.7. The maximum atomic E-state index is 12.4. The number of fused-ring (bicyclic) bond motifs is 1. The number of carbonyl (C=O) groups excluding carboxylic acids is 2. The second-order valence-electron chi connectivity index (χ2n) is 6.32. The van der Waals surface area contributed by atoms with Gasteiger partial charge in [0.1, 0.15) is 12.6 Å². The first-order valence-corrected chi connectivity index (χ1v) is 8.66. The van der Waals surface area contributed by atoms with Gasteiger partial charge in [-0.05, 0) is 11.6 Å². The van der Waals surface area contributed by atoms with Crippen LogP contribution in [0, 0.1) is 10.1 Å². The highest BCUT2D eigenvalue weighted by molar-refractivity contribution is 5.87. The van der Waals surface area contributed by atoms with Gasteiger partial charge in [0.2, 0.25) is 5.91 Å². The van der Waals surface area contributed by atoms with Crippen LogP contribution in [-0.4, -0.2) is 39.5 Å². The quantitative estimate of drug-likeness (QED) is 0.348. The summed E-state index contributed by atoms with van der Waals surface area (Å²) in [7, 11) is 1.21. The van der Waals surface area contributed by atoms with Crippen molar-refractivity contribution in [2.75, 3.05) is 7.11 Å². The van der Waals surface area contributed by atoms with Crippen LogP contribution in [0.25, 0.3) is 10.9 Å². The molecule has 10 nitrogen and oxygen atoms in total. The van der Waals surface area contributed by atoms with Gasteiger partial charge in [0.15, 0.2) is 0 Å². The lowest BCUT2D eigenvalue weighted by molar-refractivity contribution is -0.385. The fraction of sp³-hybridized carbons (Fsp3) is 0.211. The second-order valence-corrected chi connectivity index (χ2v) is 6.32. The molecule has 0 fully saturated rings. The van der Waals surface area contributed by atoms with E-state index in [0.29, 0.717) is 0 Å². The molecule has 1 aromatic carbocycles. The lowest BCUT2D eigenvalue weighted by Gasteiger charge is -2.16. The number of nitro groups is 1. The van der Waals surface area contributed by atoms with Gasteiger partial charge in [0.05, 0.1) is 18.2 Å². The predicted octanol–water partition coefficient (Wildman–Crippen LogP) is 1.14. The van der Waals surface area contributed by atoms with E-state index in [1.54, 1.807) is 6.20 Å². The fourth-order valence-electron chi connectivity index (χ4n) is 3.00. The number of pyridine rings is 1. The van der Waals surface area contributed by atoms with Crippen molar-refractivity contribution in [3.63, 3.8) is 0 Å². The highest BCUT2D eigenvalue weighted by Gasteiger charge is 2.23. The minimum Gasteiger partial charge on any atom is -0.467 e. The number of para-hydroxylation sites is 1. The Kier molecular flexibility index (Phi) is 5.72. The summed E-state index contributed by atoms with van der Waals surface area (Å²) >= 11 is 0. The van der Waals surface area contributed by atoms with Crippen LogP contribution >= 0.6 is 0 Å². The topological polar surface area (TPSA) is 136 Å². The largest absolute Gasteiger partial charge is 0.467 e. The number of hydrogen-bond donors (Lipinski definition) is 2. The van der Waals surface area contributed by atoms with Gasteiger partial charge in [0.25, 0.3) is 11.2 Å². The van der Waals surface area contributed by atoms with Crippen LogP contribution < -0.4 is 10.9 Å². The molecule has 0 aliphatic rings. The van der Waals surface area contributed by atoms with E-state index in [4.69, 9.17) is 4.74 Å². The van der Waals surface area contributed by atoms with E-state index < -0.39 is 34.9 Å². The number of aromatic amines is 1. The van der Waals surface area contributed by atoms with Gasteiger partial charge >= 0.3 is 5.97 Å². The Balaban J connectivity index is 1.78. The molecule has 10 heteroatoms. The maximum absolute atomic E-state index is 12.4. The molecule has 0 radical (unpaired) electrons. The van der Waals surface area contributed by atoms with Crippen molar-refractivity contribution in [2.24, 2.45) is 0 Å². The van der Waals surface area contributed by atoms with Crippen LogP contribution in [0.5, 0.6) is 0 Å². The smallest absolute Gasteiger partial charge is 0.328 e. The molecule has 2 heterocycles. The number of hydrogen-bond acceptors (Lipinski definition) is 6. The zero-order valence-electron chi connectivity index (χ0n) is 15.5. The number of aromatic nitrogens is 2. The van der Waals surface area contributed by atoms with Crippen molar-refractivity contribution in [3.05, 3.63) is 74.8 Å². The summed E-state index contributed by atoms with van der Waals surface area (Å²) in [5.74, 6) is -1.29. The molecule has 0 spiro atoms. The van der Waals surface area contributed by atoms with Gasteiger partial charge in [-0.25, -0.2) is 4.79 Å². The number of rotatable bonds is 7. The number of esters is 1. The van der Waals surface area contributed by atoms with Gasteiger partial charge in [-0.2, -0.15) is 0 Å². The molecule has 3 aromatic rings. The van der Waals surface area contributed by atoms with E-state index in [0.717, 1.165) is 39.4 Å². The van der Waals surface area contributed by atoms with Gasteiger partial charge < -0.3 is 15.0 Å². The van der Waals surface area contributed by atoms with E-state index in [9.17, 15) is 24.5 Å². The van der Waals surface area contributed by atoms with E-state index in [1.165, 1.54) is 7.11 Å². The summed E-state index contributed by atoms with van der Waals surface area (Å²) in [5.41, 5.74) is 0.808. The lowest BCUT2D eigenvalue weighted by atomic mass is 10.0. The van der Waals surface area contributed by atoms with Gasteiger partial charge in [-0.1, -0.05) is 18.2 Å². The minimum absolute atomic E-state index is 0.173. The van der Waals surface area contributed by atoms with Crippen molar-refractivity contribution in [2.45, 2.75) is 19.0 Å². The van der Waals surface area contributed by atoms with Crippen LogP contribution in [0.1, 0.15) is 5.56 Å². The van der Waals surface area contributed by atoms with E-state index >= 15 is 0 Å². The molecular formula is C19H18N4O6. The molecule has 150 valence electrons. The van der Waals surface area contributed by atoms with E-state index in [-0.39, 0.29) is 12.1 Å². The summed E-state index contributed by atoms with van der Waals surface area (Å²) in [6.45, 7) is -0.470. The third kappa shape index (κ3) is 4.49. The molecule has 0 aliphatic carbocycles. The molecule has 1 amide bonds. The third-order valence-corrected chi connectivity index (χ3v) is 4.41. The Morgan fingerprint density at radius 3 is 2.76 bits per heavy atom. The first-order chi connectivity index (χ1) is 13.9. The number of ether oxygens (including phenoxy) is 1. The molecule has 0 unspecified atom stereocenters. The SMILES string of the molecule is COC(=O)[C@H](Cc1c[nH]c2ccccc12)NC(=O)Cn1cc([N+](=O)[O-])ccc1=O. The zero-order valence-corrected chi connectivity index (χ0v) is 15.5. The van der Waals surface area contributed by atoms with Crippen molar-refractivity contribution < 1.29 is 19.2 Å². The maximum Gasteiger partial charge on any atom is 0.328 e. The summed E-state index contributed by atoms with van der Waals surface area (Å²) in [6, 6.07) is 8.60. The summed E-state index contributed by atoms with van der Waals surface area (Å²) < 4.78 is 5.69.